The summed E-state index contributed by atoms with van der Waals surface area (Å²) in [6.45, 7) is 0. The number of aromatic nitrogens is 1. The van der Waals surface area contributed by atoms with Gasteiger partial charge in [0.1, 0.15) is 0 Å². The average molecular weight is 473 g/mol. The number of hydrogen-bond donors (Lipinski definition) is 1. The Labute approximate surface area is 197 Å². The van der Waals surface area contributed by atoms with Gasteiger partial charge in [-0.05, 0) is 47.6 Å². The molecule has 0 radical (unpaired) electrons. The van der Waals surface area contributed by atoms with Gasteiger partial charge in [0.25, 0.3) is 5.56 Å². The molecule has 2 aliphatic rings. The van der Waals surface area contributed by atoms with Crippen LogP contribution in [0.3, 0.4) is 0 Å². The fourth-order valence-electron chi connectivity index (χ4n) is 4.68. The van der Waals surface area contributed by atoms with Crippen molar-refractivity contribution in [2.45, 2.75) is 18.9 Å². The Hall–Kier alpha value is -3.42. The van der Waals surface area contributed by atoms with Gasteiger partial charge < -0.3 is 9.84 Å². The quantitative estimate of drug-likeness (QED) is 0.488. The molecule has 1 aliphatic heterocycles. The summed E-state index contributed by atoms with van der Waals surface area (Å²) in [5.74, 6) is 0.397. The molecule has 7 heteroatoms. The molecule has 0 saturated heterocycles. The molecule has 0 amide bonds. The average Bonchev–Trinajstić information content (AvgIpc) is 3.48. The van der Waals surface area contributed by atoms with Crippen molar-refractivity contribution in [1.82, 2.24) is 4.57 Å². The van der Waals surface area contributed by atoms with E-state index in [-0.39, 0.29) is 17.4 Å². The lowest BCUT2D eigenvalue weighted by molar-refractivity contribution is 0.373. The van der Waals surface area contributed by atoms with E-state index in [9.17, 15) is 9.90 Å². The van der Waals surface area contributed by atoms with Gasteiger partial charge >= 0.3 is 0 Å². The van der Waals surface area contributed by atoms with E-state index in [1.54, 1.807) is 35.6 Å². The molecule has 0 bridgehead atoms. The van der Waals surface area contributed by atoms with Crippen molar-refractivity contribution in [3.63, 3.8) is 0 Å². The highest BCUT2D eigenvalue weighted by molar-refractivity contribution is 7.10. The number of aromatic hydroxyl groups is 1. The van der Waals surface area contributed by atoms with Crippen LogP contribution >= 0.6 is 22.7 Å². The van der Waals surface area contributed by atoms with Gasteiger partial charge in [0.05, 0.1) is 23.4 Å². The van der Waals surface area contributed by atoms with Gasteiger partial charge in [0.2, 0.25) is 0 Å². The summed E-state index contributed by atoms with van der Waals surface area (Å²) in [5.41, 5.74) is 5.09. The number of ether oxygens (including phenoxy) is 1. The minimum Gasteiger partial charge on any atom is -0.504 e. The third kappa shape index (κ3) is 3.19. The lowest BCUT2D eigenvalue weighted by Gasteiger charge is -2.30. The minimum absolute atomic E-state index is 0.0221. The standard InChI is InChI=1S/C26H20N2O3S2/c1-31-19-9-4-7-16(24(19)29)14-21-25(30)28-23(20-10-5-13-32-20)18-12-11-15-6-2-3-8-17(15)22(18)27-26(28)33-21/h2-10,13-14,23,29H,11-12H2,1H3. The SMILES string of the molecule is COc1cccc(C=c2sc3n(c2=O)C(c2cccs2)C2=C(N=3)c3ccccc3CC2)c1O. The number of benzene rings is 2. The molecule has 164 valence electrons. The van der Waals surface area contributed by atoms with Crippen LogP contribution in [0.1, 0.15) is 34.0 Å². The van der Waals surface area contributed by atoms with E-state index in [0.717, 1.165) is 29.0 Å². The highest BCUT2D eigenvalue weighted by Gasteiger charge is 2.33. The largest absolute Gasteiger partial charge is 0.504 e. The number of hydrogen-bond acceptors (Lipinski definition) is 6. The molecular formula is C26H20N2O3S2. The van der Waals surface area contributed by atoms with Crippen LogP contribution in [0, 0.1) is 0 Å². The number of nitrogens with zero attached hydrogens (tertiary/aromatic N) is 2. The predicted octanol–water partition coefficient (Wildman–Crippen LogP) is 4.09. The maximum absolute atomic E-state index is 13.7. The monoisotopic (exact) mass is 472 g/mol. The summed E-state index contributed by atoms with van der Waals surface area (Å²) in [4.78, 5) is 20.5. The number of methoxy groups -OCH3 is 1. The second kappa shape index (κ2) is 7.86. The number of phenols is 1. The normalized spacial score (nSPS) is 17.2. The first-order valence-electron chi connectivity index (χ1n) is 10.7. The number of thiazole rings is 1. The fraction of sp³-hybridized carbons (Fsp3) is 0.154. The zero-order chi connectivity index (χ0) is 22.5. The van der Waals surface area contributed by atoms with E-state index in [1.807, 2.05) is 16.7 Å². The molecule has 1 atom stereocenters. The Bertz CT molecular complexity index is 1590. The number of para-hydroxylation sites is 1. The van der Waals surface area contributed by atoms with Gasteiger partial charge in [-0.1, -0.05) is 53.8 Å². The Morgan fingerprint density at radius 2 is 2.00 bits per heavy atom. The van der Waals surface area contributed by atoms with E-state index in [1.165, 1.54) is 29.6 Å². The number of rotatable bonds is 3. The molecule has 1 unspecified atom stereocenters. The number of allylic oxidation sites excluding steroid dienone is 1. The molecule has 3 heterocycles. The maximum atomic E-state index is 13.7. The first-order valence-corrected chi connectivity index (χ1v) is 12.4. The van der Waals surface area contributed by atoms with Gasteiger partial charge in [-0.3, -0.25) is 9.36 Å². The van der Waals surface area contributed by atoms with Crippen molar-refractivity contribution in [1.29, 1.82) is 0 Å². The zero-order valence-electron chi connectivity index (χ0n) is 17.8. The molecule has 1 aliphatic carbocycles. The topological polar surface area (TPSA) is 63.8 Å². The van der Waals surface area contributed by atoms with Gasteiger partial charge in [0, 0.05) is 16.0 Å². The second-order valence-electron chi connectivity index (χ2n) is 8.03. The Balaban J connectivity index is 1.62. The molecule has 1 N–H and O–H groups in total. The summed E-state index contributed by atoms with van der Waals surface area (Å²) < 4.78 is 7.58. The van der Waals surface area contributed by atoms with E-state index in [2.05, 4.69) is 29.6 Å². The number of phenolic OH excluding ortho intramolecular Hbond substituents is 1. The fourth-order valence-corrected chi connectivity index (χ4v) is 6.52. The third-order valence-electron chi connectivity index (χ3n) is 6.22. The Kier molecular flexibility index (Phi) is 4.81. The molecule has 0 saturated carbocycles. The highest BCUT2D eigenvalue weighted by Crippen LogP contribution is 2.42. The van der Waals surface area contributed by atoms with E-state index < -0.39 is 0 Å². The lowest BCUT2D eigenvalue weighted by Crippen LogP contribution is -2.38. The van der Waals surface area contributed by atoms with Crippen LogP contribution in [0.2, 0.25) is 0 Å². The Morgan fingerprint density at radius 3 is 2.82 bits per heavy atom. The molecule has 2 aromatic heterocycles. The zero-order valence-corrected chi connectivity index (χ0v) is 19.5. The van der Waals surface area contributed by atoms with Gasteiger partial charge in [-0.15, -0.1) is 11.3 Å². The van der Waals surface area contributed by atoms with Crippen molar-refractivity contribution in [3.05, 3.63) is 107 Å². The van der Waals surface area contributed by atoms with E-state index >= 15 is 0 Å². The summed E-state index contributed by atoms with van der Waals surface area (Å²) in [5, 5.41) is 12.6. The Morgan fingerprint density at radius 1 is 1.12 bits per heavy atom. The van der Waals surface area contributed by atoms with Crippen molar-refractivity contribution in [3.8, 4) is 11.5 Å². The number of fused-ring (bicyclic) bond motifs is 3. The van der Waals surface area contributed by atoms with Gasteiger partial charge in [0.15, 0.2) is 16.3 Å². The van der Waals surface area contributed by atoms with Crippen molar-refractivity contribution in [2.75, 3.05) is 7.11 Å². The molecule has 5 nitrogen and oxygen atoms in total. The van der Waals surface area contributed by atoms with Crippen molar-refractivity contribution >= 4 is 34.4 Å². The van der Waals surface area contributed by atoms with Gasteiger partial charge in [-0.2, -0.15) is 0 Å². The lowest BCUT2D eigenvalue weighted by atomic mass is 9.85. The molecule has 4 aromatic rings. The van der Waals surface area contributed by atoms with Crippen LogP contribution in [0.4, 0.5) is 0 Å². The van der Waals surface area contributed by atoms with Crippen LogP contribution in [-0.2, 0) is 6.42 Å². The summed E-state index contributed by atoms with van der Waals surface area (Å²) in [6.07, 6.45) is 3.54. The second-order valence-corrected chi connectivity index (χ2v) is 10.0. The first-order chi connectivity index (χ1) is 16.2. The number of aryl methyl sites for hydroxylation is 1. The molecule has 0 fully saturated rings. The van der Waals surface area contributed by atoms with Crippen LogP contribution in [0.5, 0.6) is 11.5 Å². The first kappa shape index (κ1) is 20.2. The molecule has 6 rings (SSSR count). The van der Waals surface area contributed by atoms with E-state index in [4.69, 9.17) is 9.73 Å². The molecular weight excluding hydrogens is 452 g/mol. The number of thiophene rings is 1. The minimum atomic E-state index is -0.161. The third-order valence-corrected chi connectivity index (χ3v) is 8.13. The van der Waals surface area contributed by atoms with Crippen LogP contribution in [-0.4, -0.2) is 16.8 Å². The smallest absolute Gasteiger partial charge is 0.271 e. The van der Waals surface area contributed by atoms with E-state index in [0.29, 0.717) is 20.6 Å². The summed E-state index contributed by atoms with van der Waals surface area (Å²) >= 11 is 3.02. The summed E-state index contributed by atoms with van der Waals surface area (Å²) in [6, 6.07) is 17.6. The van der Waals surface area contributed by atoms with Crippen LogP contribution < -0.4 is 19.6 Å². The molecule has 33 heavy (non-hydrogen) atoms. The van der Waals surface area contributed by atoms with Crippen LogP contribution in [0.15, 0.2) is 75.3 Å². The predicted molar refractivity (Wildman–Crippen MR) is 132 cm³/mol. The van der Waals surface area contributed by atoms with Crippen molar-refractivity contribution < 1.29 is 9.84 Å². The summed E-state index contributed by atoms with van der Waals surface area (Å²) in [7, 11) is 1.51. The molecule has 2 aromatic carbocycles. The van der Waals surface area contributed by atoms with Gasteiger partial charge in [-0.25, -0.2) is 4.99 Å². The van der Waals surface area contributed by atoms with Crippen molar-refractivity contribution in [2.24, 2.45) is 4.99 Å². The molecule has 0 spiro atoms. The maximum Gasteiger partial charge on any atom is 0.271 e. The highest BCUT2D eigenvalue weighted by atomic mass is 32.1. The van der Waals surface area contributed by atoms with Crippen LogP contribution in [0.25, 0.3) is 11.8 Å².